The molecule has 0 radical (unpaired) electrons. The van der Waals surface area contributed by atoms with Gasteiger partial charge in [0.2, 0.25) is 0 Å². The summed E-state index contributed by atoms with van der Waals surface area (Å²) in [6.45, 7) is -1.35. The van der Waals surface area contributed by atoms with Gasteiger partial charge in [0.15, 0.2) is 17.4 Å². The molecule has 3 saturated heterocycles. The summed E-state index contributed by atoms with van der Waals surface area (Å²) >= 11 is 0. The van der Waals surface area contributed by atoms with Crippen molar-refractivity contribution in [1.82, 2.24) is 19.9 Å². The summed E-state index contributed by atoms with van der Waals surface area (Å²) < 4.78 is 98.3. The molecule has 4 aromatic rings. The van der Waals surface area contributed by atoms with Crippen LogP contribution in [0, 0.1) is 17.6 Å². The molecule has 7 nitrogen and oxygen atoms in total. The van der Waals surface area contributed by atoms with E-state index in [1.165, 1.54) is 18.3 Å². The first-order valence-electron chi connectivity index (χ1n) is 16.8. The second-order valence-electron chi connectivity index (χ2n) is 12.3. The number of pyridine rings is 1. The minimum absolute atomic E-state index is 0.0529. The molecule has 0 amide bonds. The summed E-state index contributed by atoms with van der Waals surface area (Å²) in [7, 11) is -0.563. The molecule has 1 saturated carbocycles. The van der Waals surface area contributed by atoms with Gasteiger partial charge in [-0.25, -0.2) is 17.6 Å². The SMILES string of the molecule is [2H]COc1c(F)ccc2cccc(-c3ncc4c(N5CCCC[C@H]6[C@H](F)[C@H]65)nc(OC([2H])([2H])[C@@]56CCCN5C[C@H](F)C6)nc4c3F)c12. The van der Waals surface area contributed by atoms with Crippen molar-refractivity contribution in [2.24, 2.45) is 5.92 Å². The predicted molar refractivity (Wildman–Crippen MR) is 159 cm³/mol. The lowest BCUT2D eigenvalue weighted by molar-refractivity contribution is 0.107. The van der Waals surface area contributed by atoms with Gasteiger partial charge in [-0.2, -0.15) is 9.97 Å². The van der Waals surface area contributed by atoms with Crippen LogP contribution in [0.3, 0.4) is 0 Å². The fourth-order valence-electron chi connectivity index (χ4n) is 7.64. The lowest BCUT2D eigenvalue weighted by Gasteiger charge is -2.31. The van der Waals surface area contributed by atoms with Crippen molar-refractivity contribution in [1.29, 1.82) is 0 Å². The quantitative estimate of drug-likeness (QED) is 0.234. The highest BCUT2D eigenvalue weighted by atomic mass is 19.1. The Morgan fingerprint density at radius 3 is 2.91 bits per heavy atom. The number of methoxy groups -OCH3 is 1. The van der Waals surface area contributed by atoms with Crippen LogP contribution in [-0.2, 0) is 0 Å². The Bertz CT molecular complexity index is 1890. The first kappa shape index (κ1) is 24.6. The Kier molecular flexibility index (Phi) is 5.82. The number of ether oxygens (including phenoxy) is 2. The van der Waals surface area contributed by atoms with Crippen LogP contribution in [0.1, 0.15) is 42.6 Å². The molecule has 0 spiro atoms. The average molecular weight is 611 g/mol. The molecule has 1 aliphatic carbocycles. The topological polar surface area (TPSA) is 63.6 Å². The third-order valence-electron chi connectivity index (χ3n) is 9.78. The van der Waals surface area contributed by atoms with Crippen molar-refractivity contribution in [3.63, 3.8) is 0 Å². The van der Waals surface area contributed by atoms with E-state index in [1.807, 2.05) is 0 Å². The maximum Gasteiger partial charge on any atom is 0.319 e. The molecular weight excluding hydrogens is 574 g/mol. The summed E-state index contributed by atoms with van der Waals surface area (Å²) in [5.74, 6) is -1.83. The van der Waals surface area contributed by atoms with Crippen LogP contribution in [0.2, 0.25) is 0 Å². The van der Waals surface area contributed by atoms with Crippen molar-refractivity contribution in [3.8, 4) is 23.0 Å². The molecule has 4 aliphatic rings. The number of hydrogen-bond donors (Lipinski definition) is 0. The molecule has 230 valence electrons. The van der Waals surface area contributed by atoms with Gasteiger partial charge in [-0.1, -0.05) is 30.7 Å². The summed E-state index contributed by atoms with van der Waals surface area (Å²) in [6, 6.07) is 6.75. The second kappa shape index (κ2) is 10.4. The molecule has 3 aliphatic heterocycles. The molecule has 2 aromatic heterocycles. The minimum atomic E-state index is -2.43. The molecule has 4 fully saturated rings. The van der Waals surface area contributed by atoms with Gasteiger partial charge in [0.25, 0.3) is 0 Å². The van der Waals surface area contributed by atoms with Crippen molar-refractivity contribution >= 4 is 27.5 Å². The first-order chi connectivity index (χ1) is 22.6. The van der Waals surface area contributed by atoms with E-state index in [2.05, 4.69) is 15.0 Å². The second-order valence-corrected chi connectivity index (χ2v) is 12.3. The Labute approximate surface area is 256 Å². The summed E-state index contributed by atoms with van der Waals surface area (Å²) in [6.07, 6.45) is 2.40. The molecule has 0 N–H and O–H groups in total. The number of hydrogen-bond acceptors (Lipinski definition) is 7. The molecule has 0 bridgehead atoms. The number of alkyl halides is 2. The largest absolute Gasteiger partial charge is 0.493 e. The van der Waals surface area contributed by atoms with E-state index in [4.69, 9.17) is 13.6 Å². The number of nitrogens with zero attached hydrogens (tertiary/aromatic N) is 5. The van der Waals surface area contributed by atoms with Gasteiger partial charge in [0.1, 0.15) is 35.9 Å². The molecule has 5 heterocycles. The number of benzene rings is 2. The van der Waals surface area contributed by atoms with Crippen LogP contribution < -0.4 is 14.4 Å². The maximum absolute atomic E-state index is 16.9. The van der Waals surface area contributed by atoms with Gasteiger partial charge in [-0.15, -0.1) is 0 Å². The molecule has 8 rings (SSSR count). The monoisotopic (exact) mass is 610 g/mol. The van der Waals surface area contributed by atoms with Gasteiger partial charge in [-0.3, -0.25) is 9.88 Å². The number of aromatic nitrogens is 3. The van der Waals surface area contributed by atoms with Crippen molar-refractivity contribution < 1.29 is 31.1 Å². The smallest absolute Gasteiger partial charge is 0.319 e. The van der Waals surface area contributed by atoms with Crippen LogP contribution in [-0.4, -0.2) is 77.1 Å². The van der Waals surface area contributed by atoms with Crippen molar-refractivity contribution in [2.75, 3.05) is 38.2 Å². The molecule has 44 heavy (non-hydrogen) atoms. The lowest BCUT2D eigenvalue weighted by atomic mass is 9.95. The van der Waals surface area contributed by atoms with E-state index in [9.17, 15) is 8.78 Å². The standard InChI is InChI=1S/C33H33F4N5O2/c1-43-30-23(35)10-9-18-6-4-8-20(24(18)30)27-26(37)28-22(15-38-27)31(42-13-3-2-7-21-25(36)29(21)42)40-32(39-28)44-17-33-11-5-12-41(33)16-19(34)14-33/h4,6,8-10,15,19,21,25,29H,2-3,5,7,11-14,16-17H2,1H3/t19-,21+,25+,29+,33+/m1/s1/i1D,17D2. The Hall–Kier alpha value is -3.73. The number of fused-ring (bicyclic) bond motifs is 4. The number of rotatable bonds is 6. The highest BCUT2D eigenvalue weighted by Gasteiger charge is 2.55. The van der Waals surface area contributed by atoms with Crippen LogP contribution in [0.4, 0.5) is 23.4 Å². The Morgan fingerprint density at radius 2 is 2.02 bits per heavy atom. The lowest BCUT2D eigenvalue weighted by Crippen LogP contribution is -2.43. The third kappa shape index (κ3) is 4.29. The van der Waals surface area contributed by atoms with Crippen molar-refractivity contribution in [2.45, 2.75) is 62.4 Å². The Morgan fingerprint density at radius 1 is 1.11 bits per heavy atom. The number of halogens is 4. The first-order valence-corrected chi connectivity index (χ1v) is 15.1. The zero-order valence-electron chi connectivity index (χ0n) is 26.9. The van der Waals surface area contributed by atoms with E-state index in [-0.39, 0.29) is 58.0 Å². The summed E-state index contributed by atoms with van der Waals surface area (Å²) in [5, 5.41) is 0.956. The van der Waals surface area contributed by atoms with Gasteiger partial charge >= 0.3 is 6.01 Å². The van der Waals surface area contributed by atoms with Gasteiger partial charge < -0.3 is 14.4 Å². The zero-order chi connectivity index (χ0) is 32.7. The van der Waals surface area contributed by atoms with E-state index >= 15 is 8.78 Å². The molecule has 2 aromatic carbocycles. The van der Waals surface area contributed by atoms with Crippen LogP contribution >= 0.6 is 0 Å². The van der Waals surface area contributed by atoms with E-state index < -0.39 is 55.2 Å². The minimum Gasteiger partial charge on any atom is -0.493 e. The number of anilines is 1. The summed E-state index contributed by atoms with van der Waals surface area (Å²) in [4.78, 5) is 17.0. The zero-order valence-corrected chi connectivity index (χ0v) is 23.9. The highest BCUT2D eigenvalue weighted by Crippen LogP contribution is 2.48. The van der Waals surface area contributed by atoms with Crippen molar-refractivity contribution in [3.05, 3.63) is 48.2 Å². The van der Waals surface area contributed by atoms with E-state index in [1.54, 1.807) is 28.0 Å². The summed E-state index contributed by atoms with van der Waals surface area (Å²) in [5.41, 5.74) is -1.44. The van der Waals surface area contributed by atoms with E-state index in [0.29, 0.717) is 31.3 Å². The van der Waals surface area contributed by atoms with Gasteiger partial charge in [0, 0.05) is 42.6 Å². The molecule has 11 heteroatoms. The van der Waals surface area contributed by atoms with Crippen LogP contribution in [0.5, 0.6) is 11.8 Å². The van der Waals surface area contributed by atoms with Crippen LogP contribution in [0.25, 0.3) is 32.9 Å². The maximum atomic E-state index is 16.9. The third-order valence-corrected chi connectivity index (χ3v) is 9.78. The van der Waals surface area contributed by atoms with Gasteiger partial charge in [-0.05, 0) is 43.7 Å². The predicted octanol–water partition coefficient (Wildman–Crippen LogP) is 6.41. The van der Waals surface area contributed by atoms with Gasteiger partial charge in [0.05, 0.1) is 28.2 Å². The molecule has 5 atom stereocenters. The normalized spacial score (nSPS) is 29.5. The Balaban J connectivity index is 1.31. The fourth-order valence-corrected chi connectivity index (χ4v) is 7.64. The fraction of sp³-hybridized carbons (Fsp3) is 0.485. The molecular formula is C33H33F4N5O2. The van der Waals surface area contributed by atoms with E-state index in [0.717, 1.165) is 19.3 Å². The van der Waals surface area contributed by atoms with Crippen LogP contribution in [0.15, 0.2) is 36.5 Å². The average Bonchev–Trinajstić information content (AvgIpc) is 3.40. The molecule has 0 unspecified atom stereocenters. The highest BCUT2D eigenvalue weighted by molar-refractivity contribution is 6.02.